The Balaban J connectivity index is 0.926. The number of nitrogens with one attached hydrogen (secondary N) is 3. The van der Waals surface area contributed by atoms with Gasteiger partial charge in [-0.3, -0.25) is 14.5 Å². The van der Waals surface area contributed by atoms with Crippen molar-refractivity contribution in [1.82, 2.24) is 40.0 Å². The molecule has 0 unspecified atom stereocenters. The molecule has 3 amide bonds. The van der Waals surface area contributed by atoms with Gasteiger partial charge in [0.1, 0.15) is 23.2 Å². The average molecular weight is 755 g/mol. The number of aromatic amines is 2. The van der Waals surface area contributed by atoms with E-state index in [-0.39, 0.29) is 29.9 Å². The van der Waals surface area contributed by atoms with Crippen molar-refractivity contribution in [2.24, 2.45) is 0 Å². The van der Waals surface area contributed by atoms with Crippen molar-refractivity contribution >= 4 is 17.9 Å². The Morgan fingerprint density at radius 2 is 1.27 bits per heavy atom. The van der Waals surface area contributed by atoms with Gasteiger partial charge in [0.05, 0.1) is 43.0 Å². The Labute approximate surface area is 327 Å². The summed E-state index contributed by atoms with van der Waals surface area (Å²) in [6.07, 6.45) is 7.86. The van der Waals surface area contributed by atoms with Crippen molar-refractivity contribution in [1.29, 1.82) is 0 Å². The summed E-state index contributed by atoms with van der Waals surface area (Å²) in [5.41, 5.74) is 6.19. The molecular formula is C44H50N8O4. The van der Waals surface area contributed by atoms with Crippen molar-refractivity contribution in [3.63, 3.8) is 0 Å². The number of methoxy groups -OCH3 is 1. The predicted octanol–water partition coefficient (Wildman–Crippen LogP) is 7.43. The summed E-state index contributed by atoms with van der Waals surface area (Å²) in [5.74, 6) is 1.65. The second-order valence-corrected chi connectivity index (χ2v) is 15.1. The first-order chi connectivity index (χ1) is 27.3. The molecule has 2 saturated heterocycles. The van der Waals surface area contributed by atoms with Gasteiger partial charge in [-0.2, -0.15) is 0 Å². The molecule has 12 nitrogen and oxygen atoms in total. The van der Waals surface area contributed by atoms with Crippen LogP contribution in [0.5, 0.6) is 0 Å². The molecular weight excluding hydrogens is 705 g/mol. The van der Waals surface area contributed by atoms with E-state index < -0.39 is 11.6 Å². The van der Waals surface area contributed by atoms with Crippen LogP contribution < -0.4 is 5.32 Å². The van der Waals surface area contributed by atoms with Crippen LogP contribution in [0.3, 0.4) is 0 Å². The lowest BCUT2D eigenvalue weighted by Gasteiger charge is -2.34. The van der Waals surface area contributed by atoms with Gasteiger partial charge in [-0.25, -0.2) is 14.8 Å². The SMILES string of the molecule is CCN(CC)[C@@H](C(=O)N1CCC[C@H]1c1ncc(-c2ccc(-c3ccc(-c4cnc([C@@H]5CCCN5C(=O)C5(NC(=O)OC)CC5)[nH]4)cc3)cc2)[nH]1)c1ccccc1. The number of imidazole rings is 2. The second-order valence-electron chi connectivity index (χ2n) is 15.1. The van der Waals surface area contributed by atoms with E-state index in [2.05, 4.69) is 99.7 Å². The van der Waals surface area contributed by atoms with Crippen LogP contribution in [0.15, 0.2) is 91.3 Å². The van der Waals surface area contributed by atoms with E-state index in [4.69, 9.17) is 9.72 Å². The van der Waals surface area contributed by atoms with E-state index in [1.54, 1.807) is 0 Å². The molecule has 1 saturated carbocycles. The number of hydrogen-bond donors (Lipinski definition) is 3. The monoisotopic (exact) mass is 754 g/mol. The lowest BCUT2D eigenvalue weighted by molar-refractivity contribution is -0.138. The van der Waals surface area contributed by atoms with Crippen LogP contribution in [0.2, 0.25) is 0 Å². The molecule has 2 aliphatic heterocycles. The molecule has 4 heterocycles. The van der Waals surface area contributed by atoms with Crippen molar-refractivity contribution in [3.05, 3.63) is 108 Å². The molecule has 3 aliphatic rings. The molecule has 3 fully saturated rings. The maximum atomic E-state index is 14.2. The summed E-state index contributed by atoms with van der Waals surface area (Å²) in [6.45, 7) is 7.16. The quantitative estimate of drug-likeness (QED) is 0.120. The van der Waals surface area contributed by atoms with E-state index >= 15 is 0 Å². The number of amides is 3. The first-order valence-corrected chi connectivity index (χ1v) is 19.9. The van der Waals surface area contributed by atoms with Crippen molar-refractivity contribution < 1.29 is 19.1 Å². The Hall–Kier alpha value is -5.75. The fourth-order valence-electron chi connectivity index (χ4n) is 8.53. The van der Waals surface area contributed by atoms with Crippen LogP contribution in [-0.2, 0) is 14.3 Å². The summed E-state index contributed by atoms with van der Waals surface area (Å²) in [4.78, 5) is 62.2. The summed E-state index contributed by atoms with van der Waals surface area (Å²) >= 11 is 0. The van der Waals surface area contributed by atoms with Crippen LogP contribution >= 0.6 is 0 Å². The number of aromatic nitrogens is 4. The normalized spacial score (nSPS) is 19.3. The molecule has 8 rings (SSSR count). The highest BCUT2D eigenvalue weighted by Crippen LogP contribution is 2.42. The molecule has 12 heteroatoms. The standard InChI is InChI=1S/C44H50N8O4/c1-4-50(5-2)38(33-11-7-6-8-12-33)41(53)51-25-9-13-36(51)39-45-27-34(47-39)31-19-15-29(16-20-31)30-17-21-32(22-18-30)35-28-46-40(48-35)37-14-10-26-52(37)42(54)44(23-24-44)49-43(55)56-3/h6-8,11-12,15-22,27-28,36-38H,4-5,9-10,13-14,23-26H2,1-3H3,(H,45,47)(H,46,48)(H,49,55)/t36-,37-,38+/m0/s1. The molecule has 2 aromatic heterocycles. The van der Waals surface area contributed by atoms with Gasteiger partial charge in [-0.15, -0.1) is 0 Å². The first-order valence-electron chi connectivity index (χ1n) is 19.9. The number of likely N-dealkylation sites (tertiary alicyclic amines) is 2. The number of ether oxygens (including phenoxy) is 1. The predicted molar refractivity (Wildman–Crippen MR) is 214 cm³/mol. The molecule has 0 radical (unpaired) electrons. The Morgan fingerprint density at radius 1 is 0.768 bits per heavy atom. The van der Waals surface area contributed by atoms with Crippen molar-refractivity contribution in [2.45, 2.75) is 76.0 Å². The number of carbonyl (C=O) groups excluding carboxylic acids is 3. The van der Waals surface area contributed by atoms with E-state index in [1.807, 2.05) is 40.4 Å². The number of benzene rings is 3. The molecule has 56 heavy (non-hydrogen) atoms. The fraction of sp³-hybridized carbons (Fsp3) is 0.386. The third-order valence-corrected chi connectivity index (χ3v) is 11.8. The zero-order chi connectivity index (χ0) is 38.8. The van der Waals surface area contributed by atoms with Crippen molar-refractivity contribution in [3.8, 4) is 33.6 Å². The number of alkyl carbamates (subject to hydrolysis) is 1. The van der Waals surface area contributed by atoms with Crippen molar-refractivity contribution in [2.75, 3.05) is 33.3 Å². The zero-order valence-electron chi connectivity index (χ0n) is 32.3. The fourth-order valence-corrected chi connectivity index (χ4v) is 8.53. The summed E-state index contributed by atoms with van der Waals surface area (Å²) in [7, 11) is 1.31. The van der Waals surface area contributed by atoms with Gasteiger partial charge < -0.3 is 29.8 Å². The van der Waals surface area contributed by atoms with Gasteiger partial charge >= 0.3 is 6.09 Å². The van der Waals surface area contributed by atoms with Gasteiger partial charge in [0.2, 0.25) is 11.8 Å². The topological polar surface area (TPSA) is 140 Å². The first kappa shape index (κ1) is 37.2. The van der Waals surface area contributed by atoms with Gasteiger partial charge in [-0.05, 0) is 79.4 Å². The highest BCUT2D eigenvalue weighted by molar-refractivity contribution is 5.93. The molecule has 3 aromatic carbocycles. The number of rotatable bonds is 12. The summed E-state index contributed by atoms with van der Waals surface area (Å²) in [6, 6.07) is 26.3. The van der Waals surface area contributed by atoms with E-state index in [9.17, 15) is 14.4 Å². The van der Waals surface area contributed by atoms with Crippen LogP contribution in [0.4, 0.5) is 4.79 Å². The number of carbonyl (C=O) groups is 3. The minimum Gasteiger partial charge on any atom is -0.453 e. The Bertz CT molecular complexity index is 2150. The molecule has 3 atom stereocenters. The molecule has 290 valence electrons. The third-order valence-electron chi connectivity index (χ3n) is 11.8. The lowest BCUT2D eigenvalue weighted by Crippen LogP contribution is -2.50. The van der Waals surface area contributed by atoms with E-state index in [0.29, 0.717) is 19.4 Å². The highest BCUT2D eigenvalue weighted by Gasteiger charge is 2.55. The summed E-state index contributed by atoms with van der Waals surface area (Å²) < 4.78 is 4.76. The molecule has 5 aromatic rings. The van der Waals surface area contributed by atoms with Crippen LogP contribution in [-0.4, -0.2) is 91.4 Å². The second kappa shape index (κ2) is 15.8. The lowest BCUT2D eigenvalue weighted by atomic mass is 10.0. The highest BCUT2D eigenvalue weighted by atomic mass is 16.5. The summed E-state index contributed by atoms with van der Waals surface area (Å²) in [5, 5.41) is 2.76. The minimum absolute atomic E-state index is 0.0673. The van der Waals surface area contributed by atoms with Crippen LogP contribution in [0.1, 0.15) is 87.7 Å². The largest absolute Gasteiger partial charge is 0.453 e. The number of likely N-dealkylation sites (N-methyl/N-ethyl adjacent to an activating group) is 1. The Kier molecular flexibility index (Phi) is 10.5. The third kappa shape index (κ3) is 7.21. The number of H-pyrrole nitrogens is 2. The molecule has 1 aliphatic carbocycles. The van der Waals surface area contributed by atoms with E-state index in [0.717, 1.165) is 96.2 Å². The average Bonchev–Trinajstić information content (AvgIpc) is 3.82. The molecule has 0 bridgehead atoms. The Morgan fingerprint density at radius 3 is 1.77 bits per heavy atom. The van der Waals surface area contributed by atoms with Gasteiger partial charge in [0, 0.05) is 13.1 Å². The maximum absolute atomic E-state index is 14.2. The van der Waals surface area contributed by atoms with Gasteiger partial charge in [0.15, 0.2) is 0 Å². The maximum Gasteiger partial charge on any atom is 0.407 e. The van der Waals surface area contributed by atoms with Gasteiger partial charge in [0.25, 0.3) is 0 Å². The molecule has 0 spiro atoms. The van der Waals surface area contributed by atoms with E-state index in [1.165, 1.54) is 7.11 Å². The minimum atomic E-state index is -0.863. The molecule has 3 N–H and O–H groups in total. The van der Waals surface area contributed by atoms with Crippen LogP contribution in [0, 0.1) is 0 Å². The van der Waals surface area contributed by atoms with Crippen LogP contribution in [0.25, 0.3) is 33.6 Å². The number of hydrogen-bond acceptors (Lipinski definition) is 7. The number of nitrogens with zero attached hydrogens (tertiary/aromatic N) is 5. The zero-order valence-corrected chi connectivity index (χ0v) is 32.3. The van der Waals surface area contributed by atoms with Gasteiger partial charge in [-0.1, -0.05) is 92.7 Å². The smallest absolute Gasteiger partial charge is 0.407 e.